The Morgan fingerprint density at radius 1 is 1.20 bits per heavy atom. The van der Waals surface area contributed by atoms with Crippen molar-refractivity contribution in [1.82, 2.24) is 30.4 Å². The van der Waals surface area contributed by atoms with Gasteiger partial charge in [0.25, 0.3) is 5.91 Å². The largest absolute Gasteiger partial charge is 0.480 e. The molecule has 0 saturated carbocycles. The van der Waals surface area contributed by atoms with Crippen LogP contribution in [0.25, 0.3) is 0 Å². The van der Waals surface area contributed by atoms with Crippen molar-refractivity contribution >= 4 is 47.3 Å². The van der Waals surface area contributed by atoms with Gasteiger partial charge in [-0.2, -0.15) is 0 Å². The SMILES string of the molecule is NCC1=C(CC(=O)NC2C(=O)N3C(C(=O)O)=C(CSc4nnnn4CC(=O)O)CS[C@H]23)CC=CC1. The minimum Gasteiger partial charge on any atom is -0.480 e. The number of allylic oxidation sites excluding steroid dienone is 2. The van der Waals surface area contributed by atoms with E-state index in [9.17, 15) is 24.3 Å². The fourth-order valence-corrected chi connectivity index (χ4v) is 6.42. The Bertz CT molecular complexity index is 1160. The van der Waals surface area contributed by atoms with Crippen LogP contribution in [0.4, 0.5) is 0 Å². The number of nitrogens with zero attached hydrogens (tertiary/aromatic N) is 5. The summed E-state index contributed by atoms with van der Waals surface area (Å²) in [7, 11) is 0. The minimum atomic E-state index is -1.25. The first-order chi connectivity index (χ1) is 16.8. The first-order valence-electron chi connectivity index (χ1n) is 10.6. The maximum atomic E-state index is 12.9. The smallest absolute Gasteiger partial charge is 0.352 e. The van der Waals surface area contributed by atoms with Gasteiger partial charge in [0, 0.05) is 24.5 Å². The molecule has 0 aromatic carbocycles. The molecule has 1 unspecified atom stereocenters. The average Bonchev–Trinajstić information content (AvgIpc) is 3.26. The van der Waals surface area contributed by atoms with Crippen molar-refractivity contribution in [1.29, 1.82) is 0 Å². The zero-order chi connectivity index (χ0) is 25.1. The summed E-state index contributed by atoms with van der Waals surface area (Å²) in [6.45, 7) is -0.0548. The van der Waals surface area contributed by atoms with Crippen LogP contribution >= 0.6 is 23.5 Å². The van der Waals surface area contributed by atoms with Gasteiger partial charge in [-0.05, 0) is 28.8 Å². The number of nitrogens with two attached hydrogens (primary N) is 1. The van der Waals surface area contributed by atoms with Gasteiger partial charge < -0.3 is 21.3 Å². The molecule has 3 aliphatic rings. The number of hydrogen-bond acceptors (Lipinski definition) is 10. The summed E-state index contributed by atoms with van der Waals surface area (Å²) in [5.41, 5.74) is 8.09. The summed E-state index contributed by atoms with van der Waals surface area (Å²) in [6, 6.07) is -0.806. The molecular weight excluding hydrogens is 498 g/mol. The van der Waals surface area contributed by atoms with Crippen LogP contribution in [-0.4, -0.2) is 88.5 Å². The van der Waals surface area contributed by atoms with E-state index in [1.54, 1.807) is 0 Å². The Morgan fingerprint density at radius 2 is 1.94 bits per heavy atom. The van der Waals surface area contributed by atoms with Crippen LogP contribution in [0.3, 0.4) is 0 Å². The van der Waals surface area contributed by atoms with E-state index in [2.05, 4.69) is 20.8 Å². The van der Waals surface area contributed by atoms with E-state index in [0.717, 1.165) is 27.6 Å². The monoisotopic (exact) mass is 521 g/mol. The number of nitrogens with one attached hydrogen (secondary N) is 1. The van der Waals surface area contributed by atoms with E-state index in [1.807, 2.05) is 12.2 Å². The quantitative estimate of drug-likeness (QED) is 0.177. The maximum Gasteiger partial charge on any atom is 0.352 e. The number of rotatable bonds is 10. The predicted molar refractivity (Wildman–Crippen MR) is 125 cm³/mol. The van der Waals surface area contributed by atoms with E-state index in [1.165, 1.54) is 16.7 Å². The molecule has 13 nitrogen and oxygen atoms in total. The molecule has 0 radical (unpaired) electrons. The highest BCUT2D eigenvalue weighted by Crippen LogP contribution is 2.41. The Morgan fingerprint density at radius 3 is 2.63 bits per heavy atom. The number of aliphatic carboxylic acids is 2. The number of thioether (sulfide) groups is 2. The van der Waals surface area contributed by atoms with Crippen LogP contribution in [0.15, 0.2) is 39.7 Å². The standard InChI is InChI=1S/C20H23N7O6S2/c21-6-11-4-2-1-3-10(11)5-13(28)22-15-17(31)27-16(19(32)33)12(8-34-18(15)27)9-35-20-23-24-25-26(20)7-14(29)30/h1-2,15,18H,3-9,21H2,(H,22,28)(H,29,30)(H,32,33)/t15?,18-/m1/s1. The lowest BCUT2D eigenvalue weighted by molar-refractivity contribution is -0.150. The molecule has 3 heterocycles. The summed E-state index contributed by atoms with van der Waals surface area (Å²) in [5.74, 6) is -2.67. The Labute approximate surface area is 207 Å². The molecule has 4 rings (SSSR count). The van der Waals surface area contributed by atoms with Crippen LogP contribution in [0, 0.1) is 0 Å². The Hall–Kier alpha value is -3.17. The van der Waals surface area contributed by atoms with Gasteiger partial charge >= 0.3 is 11.9 Å². The molecule has 1 fully saturated rings. The second kappa shape index (κ2) is 10.6. The van der Waals surface area contributed by atoms with Gasteiger partial charge in [0.1, 0.15) is 23.7 Å². The summed E-state index contributed by atoms with van der Waals surface area (Å²) in [6.07, 6.45) is 5.50. The molecule has 1 aliphatic carbocycles. The molecule has 186 valence electrons. The summed E-state index contributed by atoms with van der Waals surface area (Å²) >= 11 is 2.44. The van der Waals surface area contributed by atoms with E-state index in [-0.39, 0.29) is 28.9 Å². The highest BCUT2D eigenvalue weighted by Gasteiger charge is 2.54. The van der Waals surface area contributed by atoms with E-state index in [4.69, 9.17) is 10.8 Å². The van der Waals surface area contributed by atoms with Crippen molar-refractivity contribution in [3.05, 3.63) is 34.6 Å². The fraction of sp³-hybridized carbons (Fsp3) is 0.450. The van der Waals surface area contributed by atoms with Crippen molar-refractivity contribution in [3.63, 3.8) is 0 Å². The van der Waals surface area contributed by atoms with Crippen molar-refractivity contribution in [2.24, 2.45) is 5.73 Å². The molecule has 2 atom stereocenters. The summed E-state index contributed by atoms with van der Waals surface area (Å²) in [5, 5.41) is 32.1. The number of carboxylic acids is 2. The highest BCUT2D eigenvalue weighted by molar-refractivity contribution is 8.01. The van der Waals surface area contributed by atoms with Gasteiger partial charge in [0.05, 0.1) is 0 Å². The third-order valence-corrected chi connectivity index (χ3v) is 8.12. The zero-order valence-corrected chi connectivity index (χ0v) is 20.0. The predicted octanol–water partition coefficient (Wildman–Crippen LogP) is -0.416. The van der Waals surface area contributed by atoms with Crippen LogP contribution in [0.2, 0.25) is 0 Å². The number of hydrogen-bond donors (Lipinski definition) is 4. The summed E-state index contributed by atoms with van der Waals surface area (Å²) in [4.78, 5) is 49.7. The molecule has 0 spiro atoms. The average molecular weight is 522 g/mol. The van der Waals surface area contributed by atoms with E-state index in [0.29, 0.717) is 30.7 Å². The van der Waals surface area contributed by atoms with E-state index >= 15 is 0 Å². The van der Waals surface area contributed by atoms with Crippen LogP contribution in [0.5, 0.6) is 0 Å². The van der Waals surface area contributed by atoms with Gasteiger partial charge in [-0.15, -0.1) is 16.9 Å². The Kier molecular flexibility index (Phi) is 7.57. The molecular formula is C20H23N7O6S2. The van der Waals surface area contributed by atoms with Crippen molar-refractivity contribution in [2.45, 2.75) is 42.4 Å². The number of tetrazole rings is 1. The number of carboxylic acid groups (broad SMARTS) is 2. The maximum absolute atomic E-state index is 12.9. The van der Waals surface area contributed by atoms with Crippen LogP contribution in [-0.2, 0) is 25.7 Å². The number of carbonyl (C=O) groups excluding carboxylic acids is 2. The van der Waals surface area contributed by atoms with Gasteiger partial charge in [0.2, 0.25) is 11.1 Å². The first-order valence-corrected chi connectivity index (χ1v) is 12.7. The second-order valence-electron chi connectivity index (χ2n) is 7.98. The van der Waals surface area contributed by atoms with Crippen LogP contribution < -0.4 is 11.1 Å². The number of amides is 2. The first kappa shape index (κ1) is 24.9. The third-order valence-electron chi connectivity index (χ3n) is 5.74. The molecule has 1 saturated heterocycles. The summed E-state index contributed by atoms with van der Waals surface area (Å²) < 4.78 is 1.10. The zero-order valence-electron chi connectivity index (χ0n) is 18.4. The molecule has 2 aliphatic heterocycles. The number of β-lactam (4-membered cyclic amide) rings is 1. The highest BCUT2D eigenvalue weighted by atomic mass is 32.2. The number of aromatic nitrogens is 4. The van der Waals surface area contributed by atoms with Crippen molar-refractivity contribution in [3.8, 4) is 0 Å². The topological polar surface area (TPSA) is 194 Å². The van der Waals surface area contributed by atoms with Gasteiger partial charge in [0.15, 0.2) is 0 Å². The molecule has 0 bridgehead atoms. The van der Waals surface area contributed by atoms with E-state index < -0.39 is 35.8 Å². The van der Waals surface area contributed by atoms with Gasteiger partial charge in [-0.3, -0.25) is 19.3 Å². The third kappa shape index (κ3) is 5.26. The van der Waals surface area contributed by atoms with Crippen molar-refractivity contribution in [2.75, 3.05) is 18.1 Å². The number of fused-ring (bicyclic) bond motifs is 1. The lowest BCUT2D eigenvalue weighted by atomic mass is 9.94. The number of carbonyl (C=O) groups is 4. The lowest BCUT2D eigenvalue weighted by Gasteiger charge is -2.49. The lowest BCUT2D eigenvalue weighted by Crippen LogP contribution is -2.70. The second-order valence-corrected chi connectivity index (χ2v) is 10.0. The Balaban J connectivity index is 1.42. The molecule has 15 heteroatoms. The van der Waals surface area contributed by atoms with Crippen molar-refractivity contribution < 1.29 is 29.4 Å². The van der Waals surface area contributed by atoms with Gasteiger partial charge in [-0.1, -0.05) is 35.1 Å². The van der Waals surface area contributed by atoms with Crippen LogP contribution in [0.1, 0.15) is 19.3 Å². The fourth-order valence-electron chi connectivity index (χ4n) is 4.06. The molecule has 5 N–H and O–H groups in total. The molecule has 2 amide bonds. The normalized spacial score (nSPS) is 21.6. The minimum absolute atomic E-state index is 0.125. The van der Waals surface area contributed by atoms with Gasteiger partial charge in [-0.25, -0.2) is 9.48 Å². The molecule has 1 aromatic heterocycles. The molecule has 1 aromatic rings. The molecule has 35 heavy (non-hydrogen) atoms.